The van der Waals surface area contributed by atoms with Crippen molar-refractivity contribution in [3.63, 3.8) is 0 Å². The number of rotatable bonds is 7. The van der Waals surface area contributed by atoms with Crippen LogP contribution in [0.2, 0.25) is 0 Å². The third-order valence-electron chi connectivity index (χ3n) is 4.91. The van der Waals surface area contributed by atoms with Crippen molar-refractivity contribution in [3.8, 4) is 0 Å². The van der Waals surface area contributed by atoms with Gasteiger partial charge in [-0.15, -0.1) is 0 Å². The Labute approximate surface area is 155 Å². The topological polar surface area (TPSA) is 126 Å². The first-order valence-corrected chi connectivity index (χ1v) is 8.68. The van der Waals surface area contributed by atoms with Gasteiger partial charge in [-0.2, -0.15) is 5.10 Å². The number of hydrogen-bond donors (Lipinski definition) is 3. The Bertz CT molecular complexity index is 828. The van der Waals surface area contributed by atoms with Gasteiger partial charge < -0.3 is 15.7 Å². The van der Waals surface area contributed by atoms with Gasteiger partial charge in [0.2, 0.25) is 11.8 Å². The lowest BCUT2D eigenvalue weighted by Crippen LogP contribution is -2.41. The molecule has 27 heavy (non-hydrogen) atoms. The molecule has 1 unspecified atom stereocenters. The number of anilines is 2. The van der Waals surface area contributed by atoms with Gasteiger partial charge in [-0.25, -0.2) is 9.67 Å². The van der Waals surface area contributed by atoms with Crippen molar-refractivity contribution >= 4 is 29.2 Å². The molecule has 0 saturated heterocycles. The number of carboxylic acid groups (broad SMARTS) is 1. The van der Waals surface area contributed by atoms with Crippen LogP contribution in [0.3, 0.4) is 0 Å². The number of carbonyl (C=O) groups excluding carboxylic acids is 2. The second-order valence-corrected chi connectivity index (χ2v) is 6.78. The quantitative estimate of drug-likeness (QED) is 0.684. The van der Waals surface area contributed by atoms with Crippen molar-refractivity contribution in [2.75, 3.05) is 10.6 Å². The first-order chi connectivity index (χ1) is 12.9. The molecule has 9 nitrogen and oxygen atoms in total. The van der Waals surface area contributed by atoms with Crippen molar-refractivity contribution in [3.05, 3.63) is 36.9 Å². The van der Waals surface area contributed by atoms with Gasteiger partial charge in [0, 0.05) is 17.8 Å². The summed E-state index contributed by atoms with van der Waals surface area (Å²) in [4.78, 5) is 39.5. The highest BCUT2D eigenvalue weighted by molar-refractivity contribution is 5.96. The summed E-state index contributed by atoms with van der Waals surface area (Å²) in [6, 6.07) is 6.13. The van der Waals surface area contributed by atoms with Crippen LogP contribution >= 0.6 is 0 Å². The van der Waals surface area contributed by atoms with E-state index in [4.69, 9.17) is 0 Å². The molecule has 1 aromatic carbocycles. The lowest BCUT2D eigenvalue weighted by Gasteiger charge is -2.36. The first kappa shape index (κ1) is 18.6. The maximum absolute atomic E-state index is 12.2. The third-order valence-corrected chi connectivity index (χ3v) is 4.91. The molecule has 1 aromatic heterocycles. The van der Waals surface area contributed by atoms with E-state index in [-0.39, 0.29) is 18.2 Å². The summed E-state index contributed by atoms with van der Waals surface area (Å²) >= 11 is 0. The SMILES string of the molecule is CC(C(=O)Nc1ccc(NC(=O)CC2(C(=O)O)CCC2)cc1)n1cncn1. The van der Waals surface area contributed by atoms with Crippen LogP contribution in [0, 0.1) is 5.41 Å². The van der Waals surface area contributed by atoms with Crippen LogP contribution in [0.4, 0.5) is 11.4 Å². The minimum atomic E-state index is -0.921. The number of amides is 2. The Kier molecular flexibility index (Phi) is 5.20. The van der Waals surface area contributed by atoms with E-state index in [1.807, 2.05) is 0 Å². The molecule has 2 aromatic rings. The van der Waals surface area contributed by atoms with E-state index in [2.05, 4.69) is 20.7 Å². The second-order valence-electron chi connectivity index (χ2n) is 6.78. The lowest BCUT2D eigenvalue weighted by molar-refractivity contribution is -0.157. The minimum Gasteiger partial charge on any atom is -0.481 e. The van der Waals surface area contributed by atoms with Crippen LogP contribution in [0.1, 0.15) is 38.6 Å². The zero-order valence-corrected chi connectivity index (χ0v) is 14.9. The molecule has 1 saturated carbocycles. The molecule has 0 spiro atoms. The zero-order chi connectivity index (χ0) is 19.4. The van der Waals surface area contributed by atoms with Crippen LogP contribution < -0.4 is 10.6 Å². The van der Waals surface area contributed by atoms with E-state index in [9.17, 15) is 19.5 Å². The summed E-state index contributed by atoms with van der Waals surface area (Å²) < 4.78 is 1.45. The molecular formula is C18H21N5O4. The van der Waals surface area contributed by atoms with Crippen LogP contribution in [0.5, 0.6) is 0 Å². The third kappa shape index (κ3) is 4.13. The predicted molar refractivity (Wildman–Crippen MR) is 97.0 cm³/mol. The van der Waals surface area contributed by atoms with Crippen molar-refractivity contribution in [1.29, 1.82) is 0 Å². The summed E-state index contributed by atoms with van der Waals surface area (Å²) in [6.45, 7) is 1.71. The zero-order valence-electron chi connectivity index (χ0n) is 14.9. The van der Waals surface area contributed by atoms with Gasteiger partial charge in [-0.1, -0.05) is 6.42 Å². The number of aromatic nitrogens is 3. The molecule has 1 atom stereocenters. The number of aliphatic carboxylic acids is 1. The van der Waals surface area contributed by atoms with E-state index < -0.39 is 17.4 Å². The van der Waals surface area contributed by atoms with E-state index in [0.29, 0.717) is 24.2 Å². The van der Waals surface area contributed by atoms with Gasteiger partial charge in [0.25, 0.3) is 0 Å². The van der Waals surface area contributed by atoms with E-state index in [0.717, 1.165) is 6.42 Å². The molecule has 1 fully saturated rings. The van der Waals surface area contributed by atoms with E-state index in [1.54, 1.807) is 31.2 Å². The summed E-state index contributed by atoms with van der Waals surface area (Å²) in [7, 11) is 0. The van der Waals surface area contributed by atoms with Crippen LogP contribution in [-0.4, -0.2) is 37.7 Å². The molecule has 142 valence electrons. The highest BCUT2D eigenvalue weighted by Crippen LogP contribution is 2.44. The van der Waals surface area contributed by atoms with E-state index in [1.165, 1.54) is 17.3 Å². The lowest BCUT2D eigenvalue weighted by atomic mass is 9.66. The van der Waals surface area contributed by atoms with Crippen LogP contribution in [0.25, 0.3) is 0 Å². The van der Waals surface area contributed by atoms with Gasteiger partial charge >= 0.3 is 5.97 Å². The molecule has 1 heterocycles. The summed E-state index contributed by atoms with van der Waals surface area (Å²) in [5.41, 5.74) is 0.198. The molecule has 0 aliphatic heterocycles. The molecule has 3 N–H and O–H groups in total. The maximum Gasteiger partial charge on any atom is 0.310 e. The number of hydrogen-bond acceptors (Lipinski definition) is 5. The van der Waals surface area contributed by atoms with Gasteiger partial charge in [0.1, 0.15) is 18.7 Å². The molecular weight excluding hydrogens is 350 g/mol. The molecule has 0 bridgehead atoms. The molecule has 3 rings (SSSR count). The van der Waals surface area contributed by atoms with Crippen molar-refractivity contribution in [2.45, 2.75) is 38.6 Å². The number of carbonyl (C=O) groups is 3. The number of carboxylic acids is 1. The van der Waals surface area contributed by atoms with Crippen LogP contribution in [-0.2, 0) is 14.4 Å². The van der Waals surface area contributed by atoms with Gasteiger partial charge in [0.05, 0.1) is 5.41 Å². The summed E-state index contributed by atoms with van der Waals surface area (Å²) in [5, 5.41) is 18.7. The largest absolute Gasteiger partial charge is 0.481 e. The standard InChI is InChI=1S/C18H21N5O4/c1-12(23-11-19-10-20-23)16(25)22-14-5-3-13(4-6-14)21-15(24)9-18(17(26)27)7-2-8-18/h3-6,10-12H,2,7-9H2,1H3,(H,21,24)(H,22,25)(H,26,27). The van der Waals surface area contributed by atoms with Gasteiger partial charge in [0.15, 0.2) is 0 Å². The van der Waals surface area contributed by atoms with Crippen molar-refractivity contribution in [1.82, 2.24) is 14.8 Å². The molecule has 1 aliphatic rings. The van der Waals surface area contributed by atoms with Crippen molar-refractivity contribution < 1.29 is 19.5 Å². The normalized spacial score (nSPS) is 16.0. The maximum atomic E-state index is 12.2. The van der Waals surface area contributed by atoms with Gasteiger partial charge in [-0.3, -0.25) is 14.4 Å². The average Bonchev–Trinajstić information content (AvgIpc) is 3.13. The van der Waals surface area contributed by atoms with E-state index >= 15 is 0 Å². The first-order valence-electron chi connectivity index (χ1n) is 8.68. The smallest absolute Gasteiger partial charge is 0.310 e. The summed E-state index contributed by atoms with van der Waals surface area (Å²) in [5.74, 6) is -1.48. The Balaban J connectivity index is 1.55. The summed E-state index contributed by atoms with van der Waals surface area (Å²) in [6.07, 6.45) is 4.70. The monoisotopic (exact) mass is 371 g/mol. The highest BCUT2D eigenvalue weighted by Gasteiger charge is 2.45. The van der Waals surface area contributed by atoms with Crippen molar-refractivity contribution in [2.24, 2.45) is 5.41 Å². The fraction of sp³-hybridized carbons (Fsp3) is 0.389. The number of nitrogens with one attached hydrogen (secondary N) is 2. The molecule has 2 amide bonds. The number of benzene rings is 1. The molecule has 0 radical (unpaired) electrons. The minimum absolute atomic E-state index is 0.0315. The molecule has 9 heteroatoms. The fourth-order valence-corrected chi connectivity index (χ4v) is 3.00. The second kappa shape index (κ2) is 7.56. The predicted octanol–water partition coefficient (Wildman–Crippen LogP) is 2.06. The van der Waals surface area contributed by atoms with Crippen LogP contribution in [0.15, 0.2) is 36.9 Å². The highest BCUT2D eigenvalue weighted by atomic mass is 16.4. The Morgan fingerprint density at radius 2 is 1.81 bits per heavy atom. The Morgan fingerprint density at radius 1 is 1.19 bits per heavy atom. The fourth-order valence-electron chi connectivity index (χ4n) is 3.00. The van der Waals surface area contributed by atoms with Gasteiger partial charge in [-0.05, 0) is 44.0 Å². The number of nitrogens with zero attached hydrogens (tertiary/aromatic N) is 3. The molecule has 1 aliphatic carbocycles. The Hall–Kier alpha value is -3.23. The Morgan fingerprint density at radius 3 is 2.30 bits per heavy atom. The average molecular weight is 371 g/mol.